The van der Waals surface area contributed by atoms with Crippen LogP contribution in [-0.4, -0.2) is 15.7 Å². The van der Waals surface area contributed by atoms with E-state index in [2.05, 4.69) is 29.9 Å². The summed E-state index contributed by atoms with van der Waals surface area (Å²) in [6.45, 7) is 7.45. The molecule has 1 aromatic carbocycles. The average Bonchev–Trinajstić information content (AvgIpc) is 2.84. The standard InChI is InChI=1S/C17H19ClN2O/c1-4-20-16(11-14(3)19-20)12-21-17-8-7-15(6-5-9-18)10-13(17)2/h7-8,10-11H,4,9,12H2,1-3H3. The molecular formula is C17H19ClN2O. The van der Waals surface area contributed by atoms with Crippen molar-refractivity contribution in [2.24, 2.45) is 0 Å². The first-order valence-corrected chi connectivity index (χ1v) is 7.49. The first kappa shape index (κ1) is 15.5. The summed E-state index contributed by atoms with van der Waals surface area (Å²) in [6.07, 6.45) is 0. The number of rotatable bonds is 4. The molecule has 2 aromatic rings. The lowest BCUT2D eigenvalue weighted by Crippen LogP contribution is -2.06. The van der Waals surface area contributed by atoms with Crippen molar-refractivity contribution in [2.75, 3.05) is 5.88 Å². The molecule has 0 fully saturated rings. The van der Waals surface area contributed by atoms with Crippen LogP contribution in [-0.2, 0) is 13.2 Å². The molecule has 0 unspecified atom stereocenters. The summed E-state index contributed by atoms with van der Waals surface area (Å²) < 4.78 is 7.87. The molecule has 3 nitrogen and oxygen atoms in total. The quantitative estimate of drug-likeness (QED) is 0.636. The highest BCUT2D eigenvalue weighted by Crippen LogP contribution is 2.20. The van der Waals surface area contributed by atoms with Crippen LogP contribution >= 0.6 is 11.6 Å². The van der Waals surface area contributed by atoms with Crippen molar-refractivity contribution in [3.8, 4) is 17.6 Å². The fourth-order valence-corrected chi connectivity index (χ4v) is 2.23. The van der Waals surface area contributed by atoms with E-state index in [9.17, 15) is 0 Å². The number of hydrogen-bond donors (Lipinski definition) is 0. The molecule has 0 spiro atoms. The van der Waals surface area contributed by atoms with E-state index in [1.165, 1.54) is 0 Å². The average molecular weight is 303 g/mol. The number of alkyl halides is 1. The number of nitrogens with zero attached hydrogens (tertiary/aromatic N) is 2. The number of aromatic nitrogens is 2. The zero-order valence-corrected chi connectivity index (χ0v) is 13.4. The second-order valence-corrected chi connectivity index (χ2v) is 5.06. The van der Waals surface area contributed by atoms with Gasteiger partial charge in [-0.05, 0) is 50.6 Å². The van der Waals surface area contributed by atoms with Gasteiger partial charge in [-0.1, -0.05) is 11.8 Å². The van der Waals surface area contributed by atoms with E-state index in [-0.39, 0.29) is 0 Å². The van der Waals surface area contributed by atoms with Crippen LogP contribution in [0.4, 0.5) is 0 Å². The van der Waals surface area contributed by atoms with Gasteiger partial charge >= 0.3 is 0 Å². The maximum absolute atomic E-state index is 5.90. The lowest BCUT2D eigenvalue weighted by Gasteiger charge is -2.10. The minimum Gasteiger partial charge on any atom is -0.487 e. The highest BCUT2D eigenvalue weighted by molar-refractivity contribution is 6.19. The predicted molar refractivity (Wildman–Crippen MR) is 85.7 cm³/mol. The monoisotopic (exact) mass is 302 g/mol. The molecule has 1 aromatic heterocycles. The van der Waals surface area contributed by atoms with Crippen molar-refractivity contribution in [2.45, 2.75) is 33.9 Å². The van der Waals surface area contributed by atoms with Gasteiger partial charge in [0.2, 0.25) is 0 Å². The van der Waals surface area contributed by atoms with Crippen molar-refractivity contribution in [1.82, 2.24) is 9.78 Å². The summed E-state index contributed by atoms with van der Waals surface area (Å²) in [7, 11) is 0. The SMILES string of the molecule is CCn1nc(C)cc1COc1ccc(C#CCCl)cc1C. The number of hydrogen-bond acceptors (Lipinski definition) is 2. The minimum absolute atomic E-state index is 0.345. The summed E-state index contributed by atoms with van der Waals surface area (Å²) in [4.78, 5) is 0. The van der Waals surface area contributed by atoms with E-state index < -0.39 is 0 Å². The minimum atomic E-state index is 0.345. The van der Waals surface area contributed by atoms with Crippen LogP contribution in [0.15, 0.2) is 24.3 Å². The van der Waals surface area contributed by atoms with Crippen LogP contribution in [0.25, 0.3) is 0 Å². The summed E-state index contributed by atoms with van der Waals surface area (Å²) >= 11 is 5.56. The normalized spacial score (nSPS) is 10.1. The van der Waals surface area contributed by atoms with Crippen molar-refractivity contribution in [1.29, 1.82) is 0 Å². The first-order valence-electron chi connectivity index (χ1n) is 6.95. The van der Waals surface area contributed by atoms with Gasteiger partial charge < -0.3 is 4.74 Å². The Morgan fingerprint density at radius 1 is 1.29 bits per heavy atom. The maximum atomic E-state index is 5.90. The molecule has 110 valence electrons. The number of ether oxygens (including phenoxy) is 1. The van der Waals surface area contributed by atoms with Crippen molar-refractivity contribution < 1.29 is 4.74 Å². The molecule has 0 N–H and O–H groups in total. The fourth-order valence-electron chi connectivity index (χ4n) is 2.17. The third-order valence-electron chi connectivity index (χ3n) is 3.14. The van der Waals surface area contributed by atoms with Gasteiger partial charge in [-0.15, -0.1) is 11.6 Å². The number of aryl methyl sites for hydroxylation is 3. The second kappa shape index (κ2) is 7.19. The molecule has 1 heterocycles. The first-order chi connectivity index (χ1) is 10.1. The van der Waals surface area contributed by atoms with Crippen molar-refractivity contribution in [3.05, 3.63) is 46.8 Å². The van der Waals surface area contributed by atoms with Crippen LogP contribution < -0.4 is 4.74 Å². The lowest BCUT2D eigenvalue weighted by atomic mass is 10.1. The van der Waals surface area contributed by atoms with E-state index in [0.717, 1.165) is 34.8 Å². The highest BCUT2D eigenvalue weighted by atomic mass is 35.5. The molecule has 21 heavy (non-hydrogen) atoms. The molecule has 0 bridgehead atoms. The predicted octanol–water partition coefficient (Wildman–Crippen LogP) is 3.69. The van der Waals surface area contributed by atoms with Gasteiger partial charge in [0.1, 0.15) is 12.4 Å². The molecule has 0 aliphatic heterocycles. The number of halogens is 1. The third kappa shape index (κ3) is 4.03. The van der Waals surface area contributed by atoms with Crippen molar-refractivity contribution in [3.63, 3.8) is 0 Å². The van der Waals surface area contributed by atoms with Crippen LogP contribution in [0.3, 0.4) is 0 Å². The van der Waals surface area contributed by atoms with E-state index in [0.29, 0.717) is 12.5 Å². The molecular weight excluding hydrogens is 284 g/mol. The van der Waals surface area contributed by atoms with Gasteiger partial charge in [-0.2, -0.15) is 5.10 Å². The van der Waals surface area contributed by atoms with E-state index in [4.69, 9.17) is 16.3 Å². The Labute approximate surface area is 130 Å². The molecule has 0 aliphatic rings. The van der Waals surface area contributed by atoms with Gasteiger partial charge in [0.25, 0.3) is 0 Å². The van der Waals surface area contributed by atoms with Crippen LogP contribution in [0, 0.1) is 25.7 Å². The Bertz CT molecular complexity index is 680. The van der Waals surface area contributed by atoms with E-state index in [1.807, 2.05) is 36.7 Å². The van der Waals surface area contributed by atoms with Gasteiger partial charge in [0.15, 0.2) is 0 Å². The Morgan fingerprint density at radius 2 is 2.10 bits per heavy atom. The maximum Gasteiger partial charge on any atom is 0.130 e. The molecule has 0 aliphatic carbocycles. The fraction of sp³-hybridized carbons (Fsp3) is 0.353. The molecule has 2 rings (SSSR count). The Balaban J connectivity index is 2.09. The second-order valence-electron chi connectivity index (χ2n) is 4.80. The molecule has 0 radical (unpaired) electrons. The molecule has 0 saturated heterocycles. The van der Waals surface area contributed by atoms with Gasteiger partial charge in [-0.3, -0.25) is 4.68 Å². The Kier molecular flexibility index (Phi) is 5.30. The van der Waals surface area contributed by atoms with Gasteiger partial charge in [0, 0.05) is 12.1 Å². The third-order valence-corrected chi connectivity index (χ3v) is 3.27. The summed E-state index contributed by atoms with van der Waals surface area (Å²) in [5.41, 5.74) is 4.12. The van der Waals surface area contributed by atoms with E-state index >= 15 is 0 Å². The van der Waals surface area contributed by atoms with E-state index in [1.54, 1.807) is 0 Å². The lowest BCUT2D eigenvalue weighted by molar-refractivity contribution is 0.290. The van der Waals surface area contributed by atoms with Gasteiger partial charge in [-0.25, -0.2) is 0 Å². The van der Waals surface area contributed by atoms with Crippen LogP contribution in [0.1, 0.15) is 29.4 Å². The summed E-state index contributed by atoms with van der Waals surface area (Å²) in [5.74, 6) is 7.07. The molecule has 4 heteroatoms. The molecule has 0 amide bonds. The van der Waals surface area contributed by atoms with Crippen LogP contribution in [0.2, 0.25) is 0 Å². The van der Waals surface area contributed by atoms with Crippen molar-refractivity contribution >= 4 is 11.6 Å². The van der Waals surface area contributed by atoms with Crippen LogP contribution in [0.5, 0.6) is 5.75 Å². The molecule has 0 saturated carbocycles. The zero-order chi connectivity index (χ0) is 15.2. The largest absolute Gasteiger partial charge is 0.487 e. The topological polar surface area (TPSA) is 27.1 Å². The summed E-state index contributed by atoms with van der Waals surface area (Å²) in [6, 6.07) is 7.97. The zero-order valence-electron chi connectivity index (χ0n) is 12.6. The van der Waals surface area contributed by atoms with Gasteiger partial charge in [0.05, 0.1) is 17.3 Å². The smallest absolute Gasteiger partial charge is 0.130 e. The Hall–Kier alpha value is -1.92. The summed E-state index contributed by atoms with van der Waals surface area (Å²) in [5, 5.41) is 4.42. The number of benzene rings is 1. The Morgan fingerprint density at radius 3 is 2.76 bits per heavy atom. The highest BCUT2D eigenvalue weighted by Gasteiger charge is 2.06. The molecule has 0 atom stereocenters.